The van der Waals surface area contributed by atoms with Gasteiger partial charge in [-0.3, -0.25) is 4.79 Å². The normalized spacial score (nSPS) is 11.7. The summed E-state index contributed by atoms with van der Waals surface area (Å²) >= 11 is 0. The van der Waals surface area contributed by atoms with E-state index in [0.29, 0.717) is 13.0 Å². The van der Waals surface area contributed by atoms with Gasteiger partial charge in [-0.25, -0.2) is 4.79 Å². The molecule has 0 aliphatic rings. The lowest BCUT2D eigenvalue weighted by atomic mass is 10.2. The van der Waals surface area contributed by atoms with Gasteiger partial charge >= 0.3 is 5.97 Å². The molecular weight excluding hydrogens is 270 g/mol. The average molecular weight is 287 g/mol. The summed E-state index contributed by atoms with van der Waals surface area (Å²) in [5.74, 6) is -0.868. The third-order valence-electron chi connectivity index (χ3n) is 2.94. The molecule has 1 atom stereocenters. The van der Waals surface area contributed by atoms with Crippen LogP contribution in [0.2, 0.25) is 0 Å². The maximum atomic E-state index is 12.0. The Morgan fingerprint density at radius 3 is 2.57 bits per heavy atom. The van der Waals surface area contributed by atoms with Gasteiger partial charge in [0.25, 0.3) is 5.91 Å². The fourth-order valence-electron chi connectivity index (χ4n) is 1.80. The number of ether oxygens (including phenoxy) is 1. The van der Waals surface area contributed by atoms with Crippen LogP contribution in [0.1, 0.15) is 29.5 Å². The van der Waals surface area contributed by atoms with E-state index in [1.165, 1.54) is 12.3 Å². The number of esters is 1. The van der Waals surface area contributed by atoms with Crippen LogP contribution in [-0.4, -0.2) is 18.0 Å². The largest absolute Gasteiger partial charge is 0.457 e. The first kappa shape index (κ1) is 14.8. The summed E-state index contributed by atoms with van der Waals surface area (Å²) in [7, 11) is 0. The van der Waals surface area contributed by atoms with E-state index in [9.17, 15) is 9.59 Å². The van der Waals surface area contributed by atoms with Crippen molar-refractivity contribution in [3.05, 3.63) is 60.1 Å². The van der Waals surface area contributed by atoms with Gasteiger partial charge in [0, 0.05) is 6.54 Å². The molecule has 5 nitrogen and oxygen atoms in total. The summed E-state index contributed by atoms with van der Waals surface area (Å²) in [6.45, 7) is 2.18. The van der Waals surface area contributed by atoms with E-state index in [0.717, 1.165) is 5.56 Å². The first-order chi connectivity index (χ1) is 10.2. The molecule has 1 N–H and O–H groups in total. The molecule has 1 heterocycles. The Kier molecular flexibility index (Phi) is 5.15. The van der Waals surface area contributed by atoms with Gasteiger partial charge in [0.2, 0.25) is 5.76 Å². The summed E-state index contributed by atoms with van der Waals surface area (Å²) in [5, 5.41) is 2.75. The number of hydrogen-bond donors (Lipinski definition) is 1. The molecule has 0 fully saturated rings. The van der Waals surface area contributed by atoms with Gasteiger partial charge in [0.15, 0.2) is 6.10 Å². The average Bonchev–Trinajstić information content (AvgIpc) is 3.05. The van der Waals surface area contributed by atoms with Crippen molar-refractivity contribution in [3.8, 4) is 0 Å². The minimum absolute atomic E-state index is 0.0873. The molecule has 0 bridgehead atoms. The molecule has 0 saturated carbocycles. The Morgan fingerprint density at radius 1 is 1.19 bits per heavy atom. The van der Waals surface area contributed by atoms with Crippen LogP contribution in [-0.2, 0) is 16.1 Å². The lowest BCUT2D eigenvalue weighted by Gasteiger charge is -2.15. The van der Waals surface area contributed by atoms with Crippen molar-refractivity contribution in [1.82, 2.24) is 5.32 Å². The Morgan fingerprint density at radius 2 is 1.95 bits per heavy atom. The monoisotopic (exact) mass is 287 g/mol. The van der Waals surface area contributed by atoms with Gasteiger partial charge in [-0.05, 0) is 24.1 Å². The van der Waals surface area contributed by atoms with Crippen molar-refractivity contribution < 1.29 is 18.7 Å². The lowest BCUT2D eigenvalue weighted by molar-refractivity contribution is -0.130. The quantitative estimate of drug-likeness (QED) is 0.829. The van der Waals surface area contributed by atoms with E-state index in [4.69, 9.17) is 9.15 Å². The van der Waals surface area contributed by atoms with Gasteiger partial charge in [-0.2, -0.15) is 0 Å². The Labute approximate surface area is 122 Å². The van der Waals surface area contributed by atoms with Crippen molar-refractivity contribution in [3.63, 3.8) is 0 Å². The second kappa shape index (κ2) is 7.28. The molecule has 0 saturated heterocycles. The first-order valence-electron chi connectivity index (χ1n) is 6.77. The maximum Gasteiger partial charge on any atom is 0.374 e. The number of furan rings is 1. The highest BCUT2D eigenvalue weighted by atomic mass is 16.6. The molecule has 0 radical (unpaired) electrons. The fourth-order valence-corrected chi connectivity index (χ4v) is 1.80. The third-order valence-corrected chi connectivity index (χ3v) is 2.94. The predicted molar refractivity (Wildman–Crippen MR) is 76.5 cm³/mol. The first-order valence-corrected chi connectivity index (χ1v) is 6.77. The fraction of sp³-hybridized carbons (Fsp3) is 0.250. The Balaban J connectivity index is 1.88. The van der Waals surface area contributed by atoms with E-state index >= 15 is 0 Å². The molecule has 2 rings (SSSR count). The molecule has 1 aromatic heterocycles. The van der Waals surface area contributed by atoms with Crippen molar-refractivity contribution >= 4 is 11.9 Å². The minimum Gasteiger partial charge on any atom is -0.457 e. The van der Waals surface area contributed by atoms with Gasteiger partial charge in [0.05, 0.1) is 6.26 Å². The highest BCUT2D eigenvalue weighted by molar-refractivity contribution is 5.90. The molecule has 2 aromatic rings. The number of nitrogens with one attached hydrogen (secondary N) is 1. The van der Waals surface area contributed by atoms with Gasteiger partial charge in [0.1, 0.15) is 0 Å². The standard InChI is InChI=1S/C16H17NO4/c1-2-13(21-16(19)14-9-6-10-20-14)15(18)17-11-12-7-4-3-5-8-12/h3-10,13H,2,11H2,1H3,(H,17,18). The van der Waals surface area contributed by atoms with Gasteiger partial charge in [-0.15, -0.1) is 0 Å². The van der Waals surface area contributed by atoms with Crippen LogP contribution < -0.4 is 5.32 Å². The number of carbonyl (C=O) groups is 2. The highest BCUT2D eigenvalue weighted by Gasteiger charge is 2.22. The number of carbonyl (C=O) groups excluding carboxylic acids is 2. The molecule has 21 heavy (non-hydrogen) atoms. The molecule has 0 spiro atoms. The summed E-state index contributed by atoms with van der Waals surface area (Å²) in [5.41, 5.74) is 0.984. The molecular formula is C16H17NO4. The highest BCUT2D eigenvalue weighted by Crippen LogP contribution is 2.07. The number of hydrogen-bond acceptors (Lipinski definition) is 4. The van der Waals surface area contributed by atoms with Crippen LogP contribution in [0.4, 0.5) is 0 Å². The maximum absolute atomic E-state index is 12.0. The molecule has 1 unspecified atom stereocenters. The van der Waals surface area contributed by atoms with E-state index in [-0.39, 0.29) is 11.7 Å². The van der Waals surface area contributed by atoms with Crippen LogP contribution in [0.3, 0.4) is 0 Å². The van der Waals surface area contributed by atoms with E-state index < -0.39 is 12.1 Å². The second-order valence-electron chi connectivity index (χ2n) is 4.48. The van der Waals surface area contributed by atoms with Crippen LogP contribution in [0.25, 0.3) is 0 Å². The predicted octanol–water partition coefficient (Wildman–Crippen LogP) is 2.53. The van der Waals surface area contributed by atoms with Gasteiger partial charge in [-0.1, -0.05) is 37.3 Å². The van der Waals surface area contributed by atoms with Crippen LogP contribution in [0.15, 0.2) is 53.1 Å². The summed E-state index contributed by atoms with van der Waals surface area (Å²) in [4.78, 5) is 23.8. The Bertz CT molecular complexity index is 578. The third kappa shape index (κ3) is 4.21. The van der Waals surface area contributed by atoms with Crippen LogP contribution in [0, 0.1) is 0 Å². The van der Waals surface area contributed by atoms with Crippen molar-refractivity contribution in [2.24, 2.45) is 0 Å². The minimum atomic E-state index is -0.827. The smallest absolute Gasteiger partial charge is 0.374 e. The number of benzene rings is 1. The van der Waals surface area contributed by atoms with E-state index in [1.54, 1.807) is 13.0 Å². The zero-order chi connectivity index (χ0) is 15.1. The Hall–Kier alpha value is -2.56. The topological polar surface area (TPSA) is 68.5 Å². The molecule has 1 aromatic carbocycles. The second-order valence-corrected chi connectivity index (χ2v) is 4.48. The zero-order valence-corrected chi connectivity index (χ0v) is 11.7. The van der Waals surface area contributed by atoms with Crippen molar-refractivity contribution in [2.75, 3.05) is 0 Å². The summed E-state index contributed by atoms with van der Waals surface area (Å²) < 4.78 is 10.1. The molecule has 1 amide bonds. The SMILES string of the molecule is CCC(OC(=O)c1ccco1)C(=O)NCc1ccccc1. The number of rotatable bonds is 6. The number of amides is 1. The lowest BCUT2D eigenvalue weighted by Crippen LogP contribution is -2.37. The zero-order valence-electron chi connectivity index (χ0n) is 11.7. The van der Waals surface area contributed by atoms with Crippen molar-refractivity contribution in [2.45, 2.75) is 26.0 Å². The molecule has 110 valence electrons. The molecule has 0 aliphatic carbocycles. The van der Waals surface area contributed by atoms with Crippen LogP contribution >= 0.6 is 0 Å². The van der Waals surface area contributed by atoms with Gasteiger partial charge < -0.3 is 14.5 Å². The summed E-state index contributed by atoms with van der Waals surface area (Å²) in [6, 6.07) is 12.6. The van der Waals surface area contributed by atoms with Crippen LogP contribution in [0.5, 0.6) is 0 Å². The summed E-state index contributed by atoms with van der Waals surface area (Å²) in [6.07, 6.45) is 0.950. The van der Waals surface area contributed by atoms with E-state index in [2.05, 4.69) is 5.32 Å². The van der Waals surface area contributed by atoms with Crippen molar-refractivity contribution in [1.29, 1.82) is 0 Å². The molecule has 5 heteroatoms. The van der Waals surface area contributed by atoms with E-state index in [1.807, 2.05) is 30.3 Å². The molecule has 0 aliphatic heterocycles.